The van der Waals surface area contributed by atoms with Gasteiger partial charge in [-0.15, -0.1) is 0 Å². The minimum absolute atomic E-state index is 0.00151. The Morgan fingerprint density at radius 3 is 2.30 bits per heavy atom. The number of carbonyl (C=O) groups excluding carboxylic acids is 1. The maximum Gasteiger partial charge on any atom is 0.279 e. The summed E-state index contributed by atoms with van der Waals surface area (Å²) in [4.78, 5) is 17.2. The number of aromatic nitrogens is 1. The summed E-state index contributed by atoms with van der Waals surface area (Å²) in [6, 6.07) is 12.5. The van der Waals surface area contributed by atoms with Crippen molar-refractivity contribution in [3.8, 4) is 12.1 Å². The van der Waals surface area contributed by atoms with E-state index in [9.17, 15) is 13.2 Å². The minimum Gasteiger partial charge on any atom is -0.318 e. The fourth-order valence-electron chi connectivity index (χ4n) is 3.08. The number of sulfonamides is 1. The van der Waals surface area contributed by atoms with Crippen LogP contribution in [0.4, 0.5) is 0 Å². The summed E-state index contributed by atoms with van der Waals surface area (Å²) in [5.41, 5.74) is 0.907. The van der Waals surface area contributed by atoms with Crippen LogP contribution >= 0.6 is 34.5 Å². The highest BCUT2D eigenvalue weighted by atomic mass is 35.5. The number of fused-ring (bicyclic) bond motifs is 1. The summed E-state index contributed by atoms with van der Waals surface area (Å²) in [6.07, 6.45) is 0.00302. The third-order valence-corrected chi connectivity index (χ3v) is 8.20. The van der Waals surface area contributed by atoms with Gasteiger partial charge in [-0.3, -0.25) is 4.79 Å². The van der Waals surface area contributed by atoms with Gasteiger partial charge in [0.25, 0.3) is 5.91 Å². The van der Waals surface area contributed by atoms with Gasteiger partial charge in [-0.1, -0.05) is 34.5 Å². The summed E-state index contributed by atoms with van der Waals surface area (Å²) < 4.78 is 29.3. The van der Waals surface area contributed by atoms with Crippen LogP contribution < -0.4 is 4.80 Å². The molecule has 0 aliphatic rings. The number of hydrogen-bond donors (Lipinski definition) is 0. The van der Waals surface area contributed by atoms with Crippen molar-refractivity contribution in [2.45, 2.75) is 17.7 Å². The fourth-order valence-corrected chi connectivity index (χ4v) is 6.34. The molecule has 0 aliphatic carbocycles. The molecule has 8 nitrogen and oxygen atoms in total. The number of thiazole rings is 1. The number of nitrogens with zero attached hydrogens (tertiary/aromatic N) is 5. The van der Waals surface area contributed by atoms with Gasteiger partial charge in [0.15, 0.2) is 4.80 Å². The smallest absolute Gasteiger partial charge is 0.279 e. The largest absolute Gasteiger partial charge is 0.318 e. The second-order valence-electron chi connectivity index (χ2n) is 6.84. The third-order valence-electron chi connectivity index (χ3n) is 4.70. The Kier molecular flexibility index (Phi) is 7.90. The normalized spacial score (nSPS) is 12.1. The number of amides is 1. The molecule has 0 saturated carbocycles. The summed E-state index contributed by atoms with van der Waals surface area (Å²) in [5.74, 6) is -0.547. The summed E-state index contributed by atoms with van der Waals surface area (Å²) >= 11 is 13.6. The molecule has 0 fully saturated rings. The molecule has 0 atom stereocenters. The molecular formula is C21H17Cl2N5O3S2. The van der Waals surface area contributed by atoms with E-state index in [4.69, 9.17) is 33.7 Å². The number of rotatable bonds is 7. The van der Waals surface area contributed by atoms with Gasteiger partial charge >= 0.3 is 0 Å². The molecule has 3 rings (SSSR count). The SMILES string of the molecule is Cn1c(=NC(=O)c2ccc(S(=O)(=O)N(CCC#N)CCC#N)cc2)sc2cc(Cl)cc(Cl)c21. The Morgan fingerprint density at radius 1 is 1.12 bits per heavy atom. The molecule has 1 amide bonds. The van der Waals surface area contributed by atoms with Crippen LogP contribution in [-0.2, 0) is 17.1 Å². The molecule has 12 heteroatoms. The number of hydrogen-bond acceptors (Lipinski definition) is 6. The van der Waals surface area contributed by atoms with E-state index in [-0.39, 0.29) is 36.4 Å². The van der Waals surface area contributed by atoms with Crippen LogP contribution in [0.5, 0.6) is 0 Å². The molecule has 2 aromatic carbocycles. The van der Waals surface area contributed by atoms with Crippen LogP contribution in [0, 0.1) is 22.7 Å². The molecule has 0 spiro atoms. The van der Waals surface area contributed by atoms with Gasteiger partial charge in [0.1, 0.15) is 0 Å². The molecule has 170 valence electrons. The molecule has 1 aromatic heterocycles. The molecule has 0 N–H and O–H groups in total. The lowest BCUT2D eigenvalue weighted by molar-refractivity contribution is 0.0998. The zero-order valence-electron chi connectivity index (χ0n) is 17.3. The molecule has 0 unspecified atom stereocenters. The van der Waals surface area contributed by atoms with Crippen molar-refractivity contribution in [2.24, 2.45) is 12.0 Å². The summed E-state index contributed by atoms with van der Waals surface area (Å²) in [5, 5.41) is 18.5. The van der Waals surface area contributed by atoms with Crippen LogP contribution in [0.1, 0.15) is 23.2 Å². The molecule has 1 heterocycles. The average Bonchev–Trinajstić information content (AvgIpc) is 3.08. The van der Waals surface area contributed by atoms with E-state index < -0.39 is 15.9 Å². The number of nitriles is 2. The average molecular weight is 522 g/mol. The lowest BCUT2D eigenvalue weighted by Crippen LogP contribution is -2.32. The summed E-state index contributed by atoms with van der Waals surface area (Å²) in [6.45, 7) is -0.0446. The molecule has 3 aromatic rings. The molecule has 0 bridgehead atoms. The quantitative estimate of drug-likeness (QED) is 0.463. The van der Waals surface area contributed by atoms with E-state index in [0.717, 1.165) is 9.01 Å². The van der Waals surface area contributed by atoms with E-state index in [1.165, 1.54) is 35.6 Å². The van der Waals surface area contributed by atoms with Crippen molar-refractivity contribution in [1.82, 2.24) is 8.87 Å². The van der Waals surface area contributed by atoms with Crippen molar-refractivity contribution in [3.63, 3.8) is 0 Å². The fraction of sp³-hybridized carbons (Fsp3) is 0.238. The number of carbonyl (C=O) groups is 1. The Balaban J connectivity index is 1.91. The maximum absolute atomic E-state index is 12.9. The number of benzene rings is 2. The number of aryl methyl sites for hydroxylation is 1. The van der Waals surface area contributed by atoms with Crippen molar-refractivity contribution in [3.05, 3.63) is 56.8 Å². The zero-order valence-corrected chi connectivity index (χ0v) is 20.5. The minimum atomic E-state index is -3.92. The molecule has 0 aliphatic heterocycles. The number of halogens is 2. The topological polar surface area (TPSA) is 119 Å². The zero-order chi connectivity index (χ0) is 24.2. The van der Waals surface area contributed by atoms with Gasteiger partial charge in [-0.2, -0.15) is 19.8 Å². The lowest BCUT2D eigenvalue weighted by Gasteiger charge is -2.20. The molecule has 0 radical (unpaired) electrons. The van der Waals surface area contributed by atoms with E-state index in [1.807, 2.05) is 12.1 Å². The van der Waals surface area contributed by atoms with Gasteiger partial charge in [0.05, 0.1) is 32.3 Å². The Labute approximate surface area is 204 Å². The first kappa shape index (κ1) is 24.9. The second-order valence-corrected chi connectivity index (χ2v) is 10.6. The van der Waals surface area contributed by atoms with Crippen molar-refractivity contribution in [1.29, 1.82) is 10.5 Å². The first-order valence-electron chi connectivity index (χ1n) is 9.56. The third kappa shape index (κ3) is 5.44. The van der Waals surface area contributed by atoms with Crippen molar-refractivity contribution < 1.29 is 13.2 Å². The van der Waals surface area contributed by atoms with E-state index >= 15 is 0 Å². The van der Waals surface area contributed by atoms with Gasteiger partial charge < -0.3 is 4.57 Å². The lowest BCUT2D eigenvalue weighted by atomic mass is 10.2. The Hall–Kier alpha value is -2.73. The van der Waals surface area contributed by atoms with Crippen molar-refractivity contribution in [2.75, 3.05) is 13.1 Å². The van der Waals surface area contributed by atoms with Crippen molar-refractivity contribution >= 4 is 60.7 Å². The maximum atomic E-state index is 12.9. The Morgan fingerprint density at radius 2 is 1.73 bits per heavy atom. The van der Waals surface area contributed by atoms with Gasteiger partial charge in [0, 0.05) is 43.6 Å². The van der Waals surface area contributed by atoms with E-state index in [0.29, 0.717) is 20.4 Å². The van der Waals surface area contributed by atoms with Crippen LogP contribution in [0.3, 0.4) is 0 Å². The van der Waals surface area contributed by atoms with E-state index in [1.54, 1.807) is 23.7 Å². The van der Waals surface area contributed by atoms with Crippen LogP contribution in [0.15, 0.2) is 46.3 Å². The molecule has 0 saturated heterocycles. The van der Waals surface area contributed by atoms with Gasteiger partial charge in [0.2, 0.25) is 10.0 Å². The highest BCUT2D eigenvalue weighted by Crippen LogP contribution is 2.29. The van der Waals surface area contributed by atoms with Gasteiger partial charge in [-0.05, 0) is 36.4 Å². The Bertz CT molecular complexity index is 1450. The highest BCUT2D eigenvalue weighted by Gasteiger charge is 2.24. The first-order chi connectivity index (χ1) is 15.7. The predicted molar refractivity (Wildman–Crippen MR) is 126 cm³/mol. The van der Waals surface area contributed by atoms with Gasteiger partial charge in [-0.25, -0.2) is 8.42 Å². The monoisotopic (exact) mass is 521 g/mol. The second kappa shape index (κ2) is 10.5. The highest BCUT2D eigenvalue weighted by molar-refractivity contribution is 7.89. The first-order valence-corrected chi connectivity index (χ1v) is 12.6. The molecule has 33 heavy (non-hydrogen) atoms. The predicted octanol–water partition coefficient (Wildman–Crippen LogP) is 4.11. The standard InChI is InChI=1S/C21H17Cl2N5O3S2/c1-27-19-17(23)12-15(22)13-18(19)32-21(27)26-20(29)14-4-6-16(7-5-14)33(30,31)28(10-2-8-24)11-3-9-25/h4-7,12-13H,2-3,10-11H2,1H3. The van der Waals surface area contributed by atoms with E-state index in [2.05, 4.69) is 4.99 Å². The van der Waals surface area contributed by atoms with Crippen LogP contribution in [-0.4, -0.2) is 36.3 Å². The van der Waals surface area contributed by atoms with Crippen LogP contribution in [0.2, 0.25) is 10.0 Å². The van der Waals surface area contributed by atoms with Crippen LogP contribution in [0.25, 0.3) is 10.2 Å². The summed E-state index contributed by atoms with van der Waals surface area (Å²) in [7, 11) is -2.19. The molecular weight excluding hydrogens is 505 g/mol.